The van der Waals surface area contributed by atoms with E-state index in [0.717, 1.165) is 6.54 Å². The molecular weight excluding hydrogens is 236 g/mol. The Kier molecular flexibility index (Phi) is 4.37. The van der Waals surface area contributed by atoms with Gasteiger partial charge in [-0.15, -0.1) is 11.6 Å². The fraction of sp³-hybridized carbons (Fsp3) is 0.538. The molecule has 2 rings (SSSR count). The third kappa shape index (κ3) is 3.19. The minimum absolute atomic E-state index is 0.0432. The fourth-order valence-corrected chi connectivity index (χ4v) is 2.81. The quantitative estimate of drug-likeness (QED) is 0.837. The second kappa shape index (κ2) is 6.01. The molecule has 0 aromatic carbocycles. The van der Waals surface area contributed by atoms with Crippen molar-refractivity contribution in [3.8, 4) is 0 Å². The van der Waals surface area contributed by atoms with Crippen molar-refractivity contribution in [3.63, 3.8) is 0 Å². The minimum Gasteiger partial charge on any atom is -0.352 e. The van der Waals surface area contributed by atoms with Crippen molar-refractivity contribution in [1.29, 1.82) is 0 Å². The lowest BCUT2D eigenvalue weighted by Crippen LogP contribution is -2.31. The van der Waals surface area contributed by atoms with Crippen molar-refractivity contribution in [1.82, 2.24) is 10.3 Å². The summed E-state index contributed by atoms with van der Waals surface area (Å²) in [4.78, 5) is 15.7. The molecule has 1 aromatic heterocycles. The number of halogens is 1. The molecule has 17 heavy (non-hydrogen) atoms. The van der Waals surface area contributed by atoms with Crippen LogP contribution in [0.1, 0.15) is 29.6 Å². The summed E-state index contributed by atoms with van der Waals surface area (Å²) in [6, 6.07) is 3.54. The van der Waals surface area contributed by atoms with Gasteiger partial charge in [0.05, 0.1) is 5.56 Å². The standard InChI is InChI=1S/C13H17ClN2O/c14-7-10-3-1-4-11(10)9-16-13(17)12-5-2-6-15-8-12/h2,5-6,8,10-11H,1,3-4,7,9H2,(H,16,17). The van der Waals surface area contributed by atoms with Crippen LogP contribution >= 0.6 is 11.6 Å². The van der Waals surface area contributed by atoms with Crippen molar-refractivity contribution in [2.75, 3.05) is 12.4 Å². The molecule has 1 heterocycles. The van der Waals surface area contributed by atoms with Crippen LogP contribution in [0.25, 0.3) is 0 Å². The Morgan fingerprint density at radius 3 is 3.00 bits per heavy atom. The number of carbonyl (C=O) groups excluding carboxylic acids is 1. The number of nitrogens with one attached hydrogen (secondary N) is 1. The number of alkyl halides is 1. The monoisotopic (exact) mass is 252 g/mol. The van der Waals surface area contributed by atoms with Gasteiger partial charge in [-0.2, -0.15) is 0 Å². The van der Waals surface area contributed by atoms with Gasteiger partial charge in [0.25, 0.3) is 5.91 Å². The number of hydrogen-bond donors (Lipinski definition) is 1. The Balaban J connectivity index is 1.84. The lowest BCUT2D eigenvalue weighted by atomic mass is 9.98. The van der Waals surface area contributed by atoms with Gasteiger partial charge in [0.2, 0.25) is 0 Å². The molecule has 0 radical (unpaired) electrons. The zero-order chi connectivity index (χ0) is 12.1. The van der Waals surface area contributed by atoms with Crippen LogP contribution in [0.3, 0.4) is 0 Å². The van der Waals surface area contributed by atoms with Gasteiger partial charge in [-0.1, -0.05) is 6.42 Å². The summed E-state index contributed by atoms with van der Waals surface area (Å²) in [5.74, 6) is 1.75. The Morgan fingerprint density at radius 1 is 1.47 bits per heavy atom. The molecule has 0 bridgehead atoms. The second-order valence-electron chi connectivity index (χ2n) is 4.56. The van der Waals surface area contributed by atoms with Gasteiger partial charge in [0, 0.05) is 24.8 Å². The molecule has 0 spiro atoms. The van der Waals surface area contributed by atoms with Gasteiger partial charge in [-0.25, -0.2) is 0 Å². The summed E-state index contributed by atoms with van der Waals surface area (Å²) in [5.41, 5.74) is 0.618. The van der Waals surface area contributed by atoms with E-state index in [1.807, 2.05) is 0 Å². The number of amides is 1. The maximum atomic E-state index is 11.8. The first-order chi connectivity index (χ1) is 8.31. The molecule has 2 atom stereocenters. The Hall–Kier alpha value is -1.09. The highest BCUT2D eigenvalue weighted by atomic mass is 35.5. The van der Waals surface area contributed by atoms with Crippen LogP contribution in [0.15, 0.2) is 24.5 Å². The Morgan fingerprint density at radius 2 is 2.29 bits per heavy atom. The molecule has 1 aromatic rings. The maximum absolute atomic E-state index is 11.8. The first-order valence-corrected chi connectivity index (χ1v) is 6.59. The number of rotatable bonds is 4. The predicted molar refractivity (Wildman–Crippen MR) is 68.1 cm³/mol. The second-order valence-corrected chi connectivity index (χ2v) is 4.87. The zero-order valence-electron chi connectivity index (χ0n) is 9.73. The molecule has 2 unspecified atom stereocenters. The average molecular weight is 253 g/mol. The van der Waals surface area contributed by atoms with Crippen LogP contribution < -0.4 is 5.32 Å². The van der Waals surface area contributed by atoms with E-state index in [-0.39, 0.29) is 5.91 Å². The van der Waals surface area contributed by atoms with E-state index in [9.17, 15) is 4.79 Å². The van der Waals surface area contributed by atoms with Crippen LogP contribution in [-0.2, 0) is 0 Å². The highest BCUT2D eigenvalue weighted by molar-refractivity contribution is 6.18. The molecule has 1 N–H and O–H groups in total. The first-order valence-electron chi connectivity index (χ1n) is 6.05. The summed E-state index contributed by atoms with van der Waals surface area (Å²) in [6.07, 6.45) is 6.84. The van der Waals surface area contributed by atoms with Crippen molar-refractivity contribution in [3.05, 3.63) is 30.1 Å². The zero-order valence-corrected chi connectivity index (χ0v) is 10.5. The highest BCUT2D eigenvalue weighted by Crippen LogP contribution is 2.31. The summed E-state index contributed by atoms with van der Waals surface area (Å²) < 4.78 is 0. The van der Waals surface area contributed by atoms with Gasteiger partial charge < -0.3 is 5.32 Å². The molecule has 0 saturated heterocycles. The largest absolute Gasteiger partial charge is 0.352 e. The highest BCUT2D eigenvalue weighted by Gasteiger charge is 2.26. The first kappa shape index (κ1) is 12.4. The third-order valence-corrected chi connectivity index (χ3v) is 3.86. The molecule has 4 heteroatoms. The van der Waals surface area contributed by atoms with Crippen molar-refractivity contribution >= 4 is 17.5 Å². The molecule has 1 fully saturated rings. The molecule has 3 nitrogen and oxygen atoms in total. The topological polar surface area (TPSA) is 42.0 Å². The van der Waals surface area contributed by atoms with Gasteiger partial charge in [0.15, 0.2) is 0 Å². The lowest BCUT2D eigenvalue weighted by Gasteiger charge is -2.17. The van der Waals surface area contributed by atoms with E-state index in [1.54, 1.807) is 24.5 Å². The Bertz CT molecular complexity index is 369. The summed E-state index contributed by atoms with van der Waals surface area (Å²) in [6.45, 7) is 0.727. The van der Waals surface area contributed by atoms with Crippen LogP contribution in [-0.4, -0.2) is 23.3 Å². The predicted octanol–water partition coefficient (Wildman–Crippen LogP) is 2.47. The lowest BCUT2D eigenvalue weighted by molar-refractivity contribution is 0.0944. The van der Waals surface area contributed by atoms with Crippen molar-refractivity contribution in [2.24, 2.45) is 11.8 Å². The van der Waals surface area contributed by atoms with Crippen LogP contribution in [0.4, 0.5) is 0 Å². The van der Waals surface area contributed by atoms with Gasteiger partial charge >= 0.3 is 0 Å². The number of nitrogens with zero attached hydrogens (tertiary/aromatic N) is 1. The Labute approximate surface area is 107 Å². The summed E-state index contributed by atoms with van der Waals surface area (Å²) in [7, 11) is 0. The third-order valence-electron chi connectivity index (χ3n) is 3.46. The van der Waals surface area contributed by atoms with E-state index < -0.39 is 0 Å². The van der Waals surface area contributed by atoms with Crippen LogP contribution in [0.2, 0.25) is 0 Å². The van der Waals surface area contributed by atoms with E-state index in [2.05, 4.69) is 10.3 Å². The van der Waals surface area contributed by atoms with Crippen LogP contribution in [0, 0.1) is 11.8 Å². The van der Waals surface area contributed by atoms with E-state index in [0.29, 0.717) is 23.3 Å². The van der Waals surface area contributed by atoms with E-state index in [4.69, 9.17) is 11.6 Å². The number of carbonyl (C=O) groups is 1. The number of aromatic nitrogens is 1. The van der Waals surface area contributed by atoms with E-state index >= 15 is 0 Å². The molecule has 1 aliphatic rings. The normalized spacial score (nSPS) is 23.6. The maximum Gasteiger partial charge on any atom is 0.252 e. The number of pyridine rings is 1. The minimum atomic E-state index is -0.0432. The molecule has 1 amide bonds. The molecule has 92 valence electrons. The SMILES string of the molecule is O=C(NCC1CCCC1CCl)c1cccnc1. The molecule has 1 saturated carbocycles. The van der Waals surface area contributed by atoms with Crippen molar-refractivity contribution < 1.29 is 4.79 Å². The summed E-state index contributed by atoms with van der Waals surface area (Å²) in [5, 5.41) is 2.97. The van der Waals surface area contributed by atoms with Crippen LogP contribution in [0.5, 0.6) is 0 Å². The van der Waals surface area contributed by atoms with Gasteiger partial charge in [0.1, 0.15) is 0 Å². The smallest absolute Gasteiger partial charge is 0.252 e. The average Bonchev–Trinajstić information content (AvgIpc) is 2.84. The van der Waals surface area contributed by atoms with Gasteiger partial charge in [-0.3, -0.25) is 9.78 Å². The number of hydrogen-bond acceptors (Lipinski definition) is 2. The molecule has 1 aliphatic carbocycles. The molecule has 0 aliphatic heterocycles. The summed E-state index contributed by atoms with van der Waals surface area (Å²) >= 11 is 5.91. The van der Waals surface area contributed by atoms with Gasteiger partial charge in [-0.05, 0) is 36.8 Å². The molecular formula is C13H17ClN2O. The van der Waals surface area contributed by atoms with E-state index in [1.165, 1.54) is 19.3 Å². The fourth-order valence-electron chi connectivity index (χ4n) is 2.41. The van der Waals surface area contributed by atoms with Crippen molar-refractivity contribution in [2.45, 2.75) is 19.3 Å².